The van der Waals surface area contributed by atoms with Gasteiger partial charge >= 0.3 is 0 Å². The summed E-state index contributed by atoms with van der Waals surface area (Å²) in [7, 11) is 0. The summed E-state index contributed by atoms with van der Waals surface area (Å²) in [5.41, 5.74) is 8.13. The summed E-state index contributed by atoms with van der Waals surface area (Å²) < 4.78 is 10.8. The molecule has 0 atom stereocenters. The van der Waals surface area contributed by atoms with Crippen LogP contribution in [0.2, 0.25) is 0 Å². The molecule has 0 saturated carbocycles. The average Bonchev–Trinajstić information content (AvgIpc) is 2.51. The summed E-state index contributed by atoms with van der Waals surface area (Å²) >= 11 is 0. The SMILES string of the molecule is CCOCCCNC(N)=NCc1ccc(COC(C)C)cc1.I. The van der Waals surface area contributed by atoms with Crippen LogP contribution in [-0.4, -0.2) is 31.8 Å². The van der Waals surface area contributed by atoms with E-state index in [4.69, 9.17) is 15.2 Å². The van der Waals surface area contributed by atoms with Crippen molar-refractivity contribution in [3.05, 3.63) is 35.4 Å². The Balaban J connectivity index is 0.00000484. The number of aliphatic imine (C=N–C) groups is 1. The monoisotopic (exact) mass is 435 g/mol. The molecule has 23 heavy (non-hydrogen) atoms. The lowest BCUT2D eigenvalue weighted by atomic mass is 10.1. The highest BCUT2D eigenvalue weighted by Crippen LogP contribution is 2.08. The van der Waals surface area contributed by atoms with Crippen LogP contribution in [-0.2, 0) is 22.6 Å². The van der Waals surface area contributed by atoms with Crippen LogP contribution in [0.4, 0.5) is 0 Å². The molecule has 0 aromatic heterocycles. The lowest BCUT2D eigenvalue weighted by molar-refractivity contribution is 0.0657. The maximum atomic E-state index is 5.83. The summed E-state index contributed by atoms with van der Waals surface area (Å²) in [6.07, 6.45) is 1.17. The van der Waals surface area contributed by atoms with Crippen LogP contribution in [0, 0.1) is 0 Å². The van der Waals surface area contributed by atoms with Gasteiger partial charge in [0.15, 0.2) is 5.96 Å². The Kier molecular flexibility index (Phi) is 13.1. The number of nitrogens with two attached hydrogens (primary N) is 1. The summed E-state index contributed by atoms with van der Waals surface area (Å²) in [5.74, 6) is 0.476. The minimum Gasteiger partial charge on any atom is -0.382 e. The van der Waals surface area contributed by atoms with Crippen molar-refractivity contribution in [3.63, 3.8) is 0 Å². The third-order valence-corrected chi connectivity index (χ3v) is 3.01. The number of benzene rings is 1. The van der Waals surface area contributed by atoms with Crippen LogP contribution in [0.25, 0.3) is 0 Å². The predicted molar refractivity (Wildman–Crippen MR) is 106 cm³/mol. The highest BCUT2D eigenvalue weighted by Gasteiger charge is 1.98. The van der Waals surface area contributed by atoms with Crippen LogP contribution in [0.15, 0.2) is 29.3 Å². The lowest BCUT2D eigenvalue weighted by Crippen LogP contribution is -2.32. The topological polar surface area (TPSA) is 68.9 Å². The first-order valence-electron chi connectivity index (χ1n) is 7.92. The number of ether oxygens (including phenoxy) is 2. The van der Waals surface area contributed by atoms with Gasteiger partial charge in [-0.15, -0.1) is 24.0 Å². The quantitative estimate of drug-likeness (QED) is 0.257. The number of guanidine groups is 1. The second-order valence-corrected chi connectivity index (χ2v) is 5.35. The Morgan fingerprint density at radius 3 is 2.48 bits per heavy atom. The minimum atomic E-state index is 0. The Morgan fingerprint density at radius 2 is 1.87 bits per heavy atom. The third kappa shape index (κ3) is 11.3. The molecule has 0 aliphatic heterocycles. The van der Waals surface area contributed by atoms with Gasteiger partial charge in [0.2, 0.25) is 0 Å². The number of nitrogens with one attached hydrogen (secondary N) is 1. The fraction of sp³-hybridized carbons (Fsp3) is 0.588. The first kappa shape index (κ1) is 22.1. The smallest absolute Gasteiger partial charge is 0.188 e. The molecule has 3 N–H and O–H groups in total. The van der Waals surface area contributed by atoms with Crippen LogP contribution in [0.1, 0.15) is 38.3 Å². The van der Waals surface area contributed by atoms with Gasteiger partial charge in [0.1, 0.15) is 0 Å². The summed E-state index contributed by atoms with van der Waals surface area (Å²) in [6.45, 7) is 9.56. The van der Waals surface area contributed by atoms with Gasteiger partial charge in [-0.1, -0.05) is 24.3 Å². The molecule has 1 aromatic carbocycles. The van der Waals surface area contributed by atoms with E-state index >= 15 is 0 Å². The lowest BCUT2D eigenvalue weighted by Gasteiger charge is -2.08. The zero-order valence-corrected chi connectivity index (χ0v) is 16.7. The molecule has 0 bridgehead atoms. The summed E-state index contributed by atoms with van der Waals surface area (Å²) in [4.78, 5) is 4.33. The molecular weight excluding hydrogens is 405 g/mol. The molecule has 0 unspecified atom stereocenters. The molecule has 0 aliphatic carbocycles. The zero-order valence-electron chi connectivity index (χ0n) is 14.4. The van der Waals surface area contributed by atoms with Gasteiger partial charge in [0.05, 0.1) is 19.3 Å². The van der Waals surface area contributed by atoms with Crippen molar-refractivity contribution in [1.82, 2.24) is 5.32 Å². The maximum Gasteiger partial charge on any atom is 0.188 e. The van der Waals surface area contributed by atoms with Crippen LogP contribution >= 0.6 is 24.0 Å². The number of rotatable bonds is 10. The largest absolute Gasteiger partial charge is 0.382 e. The molecule has 1 aromatic rings. The third-order valence-electron chi connectivity index (χ3n) is 3.01. The van der Waals surface area contributed by atoms with E-state index in [0.717, 1.165) is 31.7 Å². The predicted octanol–water partition coefficient (Wildman–Crippen LogP) is 3.06. The van der Waals surface area contributed by atoms with E-state index in [9.17, 15) is 0 Å². The molecule has 5 nitrogen and oxygen atoms in total. The fourth-order valence-electron chi connectivity index (χ4n) is 1.77. The van der Waals surface area contributed by atoms with Crippen molar-refractivity contribution >= 4 is 29.9 Å². The molecule has 0 amide bonds. The van der Waals surface area contributed by atoms with Crippen LogP contribution in [0.5, 0.6) is 0 Å². The Labute approximate surface area is 157 Å². The fourth-order valence-corrected chi connectivity index (χ4v) is 1.77. The highest BCUT2D eigenvalue weighted by molar-refractivity contribution is 14.0. The first-order chi connectivity index (χ1) is 10.6. The second-order valence-electron chi connectivity index (χ2n) is 5.35. The Bertz CT molecular complexity index is 436. The standard InChI is InChI=1S/C17H29N3O2.HI/c1-4-21-11-5-10-19-17(18)20-12-15-6-8-16(9-7-15)13-22-14(2)3;/h6-9,14H,4-5,10-13H2,1-3H3,(H3,18,19,20);1H. The van der Waals surface area contributed by atoms with Gasteiger partial charge in [0.25, 0.3) is 0 Å². The molecule has 0 heterocycles. The van der Waals surface area contributed by atoms with E-state index in [1.54, 1.807) is 0 Å². The first-order valence-corrected chi connectivity index (χ1v) is 7.92. The Morgan fingerprint density at radius 1 is 1.22 bits per heavy atom. The van der Waals surface area contributed by atoms with Crippen molar-refractivity contribution in [1.29, 1.82) is 0 Å². The Hall–Kier alpha value is -0.860. The van der Waals surface area contributed by atoms with Crippen LogP contribution < -0.4 is 11.1 Å². The molecule has 0 spiro atoms. The molecule has 132 valence electrons. The van der Waals surface area contributed by atoms with Gasteiger partial charge in [-0.25, -0.2) is 4.99 Å². The van der Waals surface area contributed by atoms with Crippen molar-refractivity contribution < 1.29 is 9.47 Å². The number of hydrogen-bond donors (Lipinski definition) is 2. The van der Waals surface area contributed by atoms with Crippen molar-refractivity contribution in [2.75, 3.05) is 19.8 Å². The maximum absolute atomic E-state index is 5.83. The normalized spacial score (nSPS) is 11.4. The van der Waals surface area contributed by atoms with Crippen molar-refractivity contribution in [3.8, 4) is 0 Å². The van der Waals surface area contributed by atoms with E-state index in [0.29, 0.717) is 19.1 Å². The van der Waals surface area contributed by atoms with Crippen molar-refractivity contribution in [2.24, 2.45) is 10.7 Å². The molecule has 6 heteroatoms. The molecule has 1 rings (SSSR count). The number of hydrogen-bond acceptors (Lipinski definition) is 3. The van der Waals surface area contributed by atoms with Gasteiger partial charge in [0, 0.05) is 19.8 Å². The van der Waals surface area contributed by atoms with E-state index in [-0.39, 0.29) is 30.1 Å². The number of halogens is 1. The minimum absolute atomic E-state index is 0. The van der Waals surface area contributed by atoms with E-state index < -0.39 is 0 Å². The average molecular weight is 435 g/mol. The van der Waals surface area contributed by atoms with Gasteiger partial charge in [-0.3, -0.25) is 0 Å². The van der Waals surface area contributed by atoms with E-state index in [2.05, 4.69) is 34.6 Å². The molecule has 0 radical (unpaired) electrons. The van der Waals surface area contributed by atoms with E-state index in [1.807, 2.05) is 20.8 Å². The van der Waals surface area contributed by atoms with Gasteiger partial charge < -0.3 is 20.5 Å². The van der Waals surface area contributed by atoms with E-state index in [1.165, 1.54) is 5.56 Å². The van der Waals surface area contributed by atoms with Gasteiger partial charge in [-0.05, 0) is 38.3 Å². The second kappa shape index (κ2) is 13.6. The molecule has 0 saturated heterocycles. The number of nitrogens with zero attached hydrogens (tertiary/aromatic N) is 1. The highest BCUT2D eigenvalue weighted by atomic mass is 127. The zero-order chi connectivity index (χ0) is 16.2. The summed E-state index contributed by atoms with van der Waals surface area (Å²) in [6, 6.07) is 8.26. The van der Waals surface area contributed by atoms with Crippen LogP contribution in [0.3, 0.4) is 0 Å². The van der Waals surface area contributed by atoms with Gasteiger partial charge in [-0.2, -0.15) is 0 Å². The van der Waals surface area contributed by atoms with Crippen molar-refractivity contribution in [2.45, 2.75) is 46.4 Å². The summed E-state index contributed by atoms with van der Waals surface area (Å²) in [5, 5.41) is 3.08. The molecular formula is C17H30IN3O2. The molecule has 0 fully saturated rings. The molecule has 0 aliphatic rings.